The molecule has 1 N–H and O–H groups in total. The molecule has 0 spiro atoms. The molecular formula is C24H31N3O3. The molecule has 6 heteroatoms. The van der Waals surface area contributed by atoms with Gasteiger partial charge >= 0.3 is 6.09 Å². The highest BCUT2D eigenvalue weighted by molar-refractivity contribution is 5.85. The number of hydrogen-bond donors (Lipinski definition) is 1. The van der Waals surface area contributed by atoms with Crippen molar-refractivity contribution in [1.29, 1.82) is 0 Å². The van der Waals surface area contributed by atoms with Gasteiger partial charge in [0.15, 0.2) is 0 Å². The third-order valence-electron chi connectivity index (χ3n) is 5.41. The number of likely N-dealkylation sites (N-methyl/N-ethyl adjacent to an activating group) is 1. The van der Waals surface area contributed by atoms with Gasteiger partial charge in [0, 0.05) is 26.6 Å². The van der Waals surface area contributed by atoms with Gasteiger partial charge in [-0.3, -0.25) is 4.79 Å². The molecule has 30 heavy (non-hydrogen) atoms. The molecule has 1 fully saturated rings. The fourth-order valence-corrected chi connectivity index (χ4v) is 3.63. The minimum absolute atomic E-state index is 0.102. The van der Waals surface area contributed by atoms with E-state index in [4.69, 9.17) is 4.74 Å². The summed E-state index contributed by atoms with van der Waals surface area (Å²) in [6.45, 7) is 3.87. The number of nitrogens with one attached hydrogen (secondary N) is 1. The van der Waals surface area contributed by atoms with Crippen LogP contribution in [0.2, 0.25) is 0 Å². The van der Waals surface area contributed by atoms with Gasteiger partial charge in [0.2, 0.25) is 5.91 Å². The van der Waals surface area contributed by atoms with Crippen LogP contribution in [-0.4, -0.2) is 61.1 Å². The number of nitrogens with zero attached hydrogens (tertiary/aromatic N) is 2. The summed E-state index contributed by atoms with van der Waals surface area (Å²) in [5.41, 5.74) is 1.90. The van der Waals surface area contributed by atoms with Crippen LogP contribution >= 0.6 is 0 Å². The summed E-state index contributed by atoms with van der Waals surface area (Å²) in [6, 6.07) is 18.5. The van der Waals surface area contributed by atoms with Crippen molar-refractivity contribution in [2.75, 3.05) is 33.2 Å². The maximum Gasteiger partial charge on any atom is 0.408 e. The van der Waals surface area contributed by atoms with E-state index in [2.05, 4.69) is 10.2 Å². The van der Waals surface area contributed by atoms with Crippen LogP contribution in [-0.2, 0) is 22.6 Å². The molecular weight excluding hydrogens is 378 g/mol. The van der Waals surface area contributed by atoms with Crippen molar-refractivity contribution < 1.29 is 14.3 Å². The van der Waals surface area contributed by atoms with Crippen molar-refractivity contribution in [3.8, 4) is 0 Å². The average Bonchev–Trinajstić information content (AvgIpc) is 3.30. The number of hydrogen-bond acceptors (Lipinski definition) is 4. The molecule has 0 aliphatic carbocycles. The van der Waals surface area contributed by atoms with Crippen LogP contribution in [0.1, 0.15) is 24.0 Å². The second-order valence-electron chi connectivity index (χ2n) is 7.76. The molecule has 0 saturated carbocycles. The summed E-state index contributed by atoms with van der Waals surface area (Å²) in [5.74, 6) is -0.102. The van der Waals surface area contributed by atoms with Gasteiger partial charge in [0.05, 0.1) is 0 Å². The van der Waals surface area contributed by atoms with E-state index in [9.17, 15) is 9.59 Å². The van der Waals surface area contributed by atoms with E-state index in [0.29, 0.717) is 13.0 Å². The lowest BCUT2D eigenvalue weighted by molar-refractivity contribution is -0.132. The van der Waals surface area contributed by atoms with Gasteiger partial charge in [-0.2, -0.15) is 0 Å². The molecule has 1 saturated heterocycles. The fraction of sp³-hybridized carbons (Fsp3) is 0.417. The second kappa shape index (κ2) is 11.4. The van der Waals surface area contributed by atoms with Gasteiger partial charge in [-0.25, -0.2) is 4.79 Å². The SMILES string of the molecule is CN(CCN1CCCC1)C(=O)C(Cc1ccccc1)NC(=O)OCc1ccccc1. The van der Waals surface area contributed by atoms with E-state index < -0.39 is 12.1 Å². The van der Waals surface area contributed by atoms with Crippen LogP contribution in [0.5, 0.6) is 0 Å². The van der Waals surface area contributed by atoms with Gasteiger partial charge < -0.3 is 19.9 Å². The van der Waals surface area contributed by atoms with Crippen molar-refractivity contribution in [2.24, 2.45) is 0 Å². The number of rotatable bonds is 9. The summed E-state index contributed by atoms with van der Waals surface area (Å²) in [5, 5.41) is 2.78. The Morgan fingerprint density at radius 1 is 1.00 bits per heavy atom. The summed E-state index contributed by atoms with van der Waals surface area (Å²) in [4.78, 5) is 29.6. The minimum atomic E-state index is -0.667. The molecule has 2 aromatic carbocycles. The Kier molecular flexibility index (Phi) is 8.27. The first-order valence-corrected chi connectivity index (χ1v) is 10.6. The number of carbonyl (C=O) groups is 2. The molecule has 0 radical (unpaired) electrons. The first kappa shape index (κ1) is 21.8. The first-order valence-electron chi connectivity index (χ1n) is 10.6. The van der Waals surface area contributed by atoms with Crippen LogP contribution in [0.4, 0.5) is 4.79 Å². The molecule has 1 heterocycles. The van der Waals surface area contributed by atoms with Crippen LogP contribution < -0.4 is 5.32 Å². The predicted molar refractivity (Wildman–Crippen MR) is 117 cm³/mol. The molecule has 1 atom stereocenters. The number of benzene rings is 2. The molecule has 1 aliphatic rings. The molecule has 2 aromatic rings. The zero-order chi connectivity index (χ0) is 21.2. The normalized spacial score (nSPS) is 14.8. The van der Waals surface area contributed by atoms with Gasteiger partial charge in [-0.15, -0.1) is 0 Å². The Bertz CT molecular complexity index is 792. The quantitative estimate of drug-likeness (QED) is 0.691. The summed E-state index contributed by atoms with van der Waals surface area (Å²) in [7, 11) is 1.80. The van der Waals surface area contributed by atoms with Crippen molar-refractivity contribution in [1.82, 2.24) is 15.1 Å². The number of ether oxygens (including phenoxy) is 1. The van der Waals surface area contributed by atoms with Gasteiger partial charge in [0.25, 0.3) is 0 Å². The Morgan fingerprint density at radius 3 is 2.23 bits per heavy atom. The maximum absolute atomic E-state index is 13.1. The third kappa shape index (κ3) is 6.88. The molecule has 6 nitrogen and oxygen atoms in total. The monoisotopic (exact) mass is 409 g/mol. The van der Waals surface area contributed by atoms with E-state index >= 15 is 0 Å². The number of alkyl carbamates (subject to hydrolysis) is 1. The lowest BCUT2D eigenvalue weighted by Crippen LogP contribution is -2.50. The Balaban J connectivity index is 1.58. The largest absolute Gasteiger partial charge is 0.445 e. The van der Waals surface area contributed by atoms with E-state index in [1.165, 1.54) is 12.8 Å². The van der Waals surface area contributed by atoms with Crippen LogP contribution in [0, 0.1) is 0 Å². The topological polar surface area (TPSA) is 61.9 Å². The van der Waals surface area contributed by atoms with Gasteiger partial charge in [-0.05, 0) is 37.1 Å². The van der Waals surface area contributed by atoms with Gasteiger partial charge in [0.1, 0.15) is 12.6 Å². The lowest BCUT2D eigenvalue weighted by atomic mass is 10.1. The zero-order valence-corrected chi connectivity index (χ0v) is 17.6. The molecule has 3 rings (SSSR count). The first-order chi connectivity index (χ1) is 14.6. The van der Waals surface area contributed by atoms with Crippen molar-refractivity contribution in [3.05, 3.63) is 71.8 Å². The standard InChI is InChI=1S/C24H31N3O3/c1-26(16-17-27-14-8-9-15-27)23(28)22(18-20-10-4-2-5-11-20)25-24(29)30-19-21-12-6-3-7-13-21/h2-7,10-13,22H,8-9,14-19H2,1H3,(H,25,29). The highest BCUT2D eigenvalue weighted by Gasteiger charge is 2.25. The summed E-state index contributed by atoms with van der Waals surface area (Å²) < 4.78 is 5.34. The van der Waals surface area contributed by atoms with E-state index in [-0.39, 0.29) is 12.5 Å². The molecule has 2 amide bonds. The number of carbonyl (C=O) groups excluding carboxylic acids is 2. The highest BCUT2D eigenvalue weighted by atomic mass is 16.5. The Hall–Kier alpha value is -2.86. The maximum atomic E-state index is 13.1. The summed E-state index contributed by atoms with van der Waals surface area (Å²) >= 11 is 0. The predicted octanol–water partition coefficient (Wildman–Crippen LogP) is 3.08. The van der Waals surface area contributed by atoms with E-state index in [1.54, 1.807) is 11.9 Å². The van der Waals surface area contributed by atoms with Crippen molar-refractivity contribution in [3.63, 3.8) is 0 Å². The molecule has 1 aliphatic heterocycles. The molecule has 0 bridgehead atoms. The van der Waals surface area contributed by atoms with Crippen molar-refractivity contribution >= 4 is 12.0 Å². The van der Waals surface area contributed by atoms with E-state index in [0.717, 1.165) is 30.8 Å². The van der Waals surface area contributed by atoms with Gasteiger partial charge in [-0.1, -0.05) is 60.7 Å². The Morgan fingerprint density at radius 2 is 1.60 bits per heavy atom. The van der Waals surface area contributed by atoms with Crippen molar-refractivity contribution in [2.45, 2.75) is 31.9 Å². The highest BCUT2D eigenvalue weighted by Crippen LogP contribution is 2.09. The Labute approximate surface area is 178 Å². The third-order valence-corrected chi connectivity index (χ3v) is 5.41. The zero-order valence-electron chi connectivity index (χ0n) is 17.6. The van der Waals surface area contributed by atoms with Crippen LogP contribution in [0.15, 0.2) is 60.7 Å². The molecule has 0 aromatic heterocycles. The summed E-state index contributed by atoms with van der Waals surface area (Å²) in [6.07, 6.45) is 2.29. The minimum Gasteiger partial charge on any atom is -0.445 e. The smallest absolute Gasteiger partial charge is 0.408 e. The van der Waals surface area contributed by atoms with Crippen LogP contribution in [0.3, 0.4) is 0 Å². The number of likely N-dealkylation sites (tertiary alicyclic amines) is 1. The lowest BCUT2D eigenvalue weighted by Gasteiger charge is -2.26. The average molecular weight is 410 g/mol. The second-order valence-corrected chi connectivity index (χ2v) is 7.76. The molecule has 160 valence electrons. The molecule has 1 unspecified atom stereocenters. The number of amides is 2. The van der Waals surface area contributed by atoms with Crippen LogP contribution in [0.25, 0.3) is 0 Å². The van der Waals surface area contributed by atoms with E-state index in [1.807, 2.05) is 60.7 Å². The fourth-order valence-electron chi connectivity index (χ4n) is 3.63.